The van der Waals surface area contributed by atoms with Crippen molar-refractivity contribution in [1.82, 2.24) is 4.72 Å². The molecule has 2 aliphatic rings. The van der Waals surface area contributed by atoms with Crippen molar-refractivity contribution in [3.63, 3.8) is 0 Å². The third kappa shape index (κ3) is 4.32. The molecular weight excluding hydrogens is 344 g/mol. The van der Waals surface area contributed by atoms with Gasteiger partial charge in [0.25, 0.3) is 0 Å². The monoisotopic (exact) mass is 368 g/mol. The molecule has 7 heteroatoms. The average Bonchev–Trinajstić information content (AvgIpc) is 2.83. The second-order valence-corrected chi connectivity index (χ2v) is 9.84. The zero-order valence-corrected chi connectivity index (χ0v) is 15.5. The molecule has 1 aliphatic heterocycles. The lowest BCUT2D eigenvalue weighted by Gasteiger charge is -2.17. The fourth-order valence-electron chi connectivity index (χ4n) is 3.28. The molecule has 132 valence electrons. The molecule has 0 bridgehead atoms. The summed E-state index contributed by atoms with van der Waals surface area (Å²) < 4.78 is 28.2. The Morgan fingerprint density at radius 3 is 2.58 bits per heavy atom. The van der Waals surface area contributed by atoms with E-state index in [0.717, 1.165) is 30.6 Å². The van der Waals surface area contributed by atoms with Crippen LogP contribution in [0.3, 0.4) is 0 Å². The van der Waals surface area contributed by atoms with Gasteiger partial charge in [0.2, 0.25) is 15.9 Å². The van der Waals surface area contributed by atoms with Crippen molar-refractivity contribution in [3.8, 4) is 0 Å². The van der Waals surface area contributed by atoms with Crippen LogP contribution in [0, 0.1) is 0 Å². The summed E-state index contributed by atoms with van der Waals surface area (Å²) in [5.41, 5.74) is 0.595. The molecule has 1 heterocycles. The minimum Gasteiger partial charge on any atom is -0.325 e. The van der Waals surface area contributed by atoms with Gasteiger partial charge in [0.05, 0.1) is 10.6 Å². The van der Waals surface area contributed by atoms with Gasteiger partial charge in [-0.15, -0.1) is 11.8 Å². The van der Waals surface area contributed by atoms with Crippen molar-refractivity contribution < 1.29 is 13.2 Å². The molecule has 0 saturated heterocycles. The Balaban J connectivity index is 1.82. The van der Waals surface area contributed by atoms with Crippen molar-refractivity contribution in [3.05, 3.63) is 18.2 Å². The van der Waals surface area contributed by atoms with E-state index in [1.807, 2.05) is 6.92 Å². The quantitative estimate of drug-likeness (QED) is 0.801. The van der Waals surface area contributed by atoms with Crippen LogP contribution in [-0.4, -0.2) is 25.6 Å². The highest BCUT2D eigenvalue weighted by Crippen LogP contribution is 2.36. The Bertz CT molecular complexity index is 711. The van der Waals surface area contributed by atoms with Crippen LogP contribution >= 0.6 is 11.8 Å². The first-order chi connectivity index (χ1) is 11.4. The van der Waals surface area contributed by atoms with Crippen LogP contribution in [-0.2, 0) is 14.8 Å². The van der Waals surface area contributed by atoms with E-state index < -0.39 is 10.0 Å². The normalized spacial score (nSPS) is 23.0. The number of nitrogens with one attached hydrogen (secondary N) is 2. The number of thioether (sulfide) groups is 1. The van der Waals surface area contributed by atoms with Crippen molar-refractivity contribution >= 4 is 33.4 Å². The van der Waals surface area contributed by atoms with Gasteiger partial charge < -0.3 is 5.32 Å². The van der Waals surface area contributed by atoms with E-state index in [0.29, 0.717) is 12.1 Å². The predicted molar refractivity (Wildman–Crippen MR) is 96.8 cm³/mol. The lowest BCUT2D eigenvalue weighted by Crippen LogP contribution is -2.34. The Morgan fingerprint density at radius 1 is 1.17 bits per heavy atom. The van der Waals surface area contributed by atoms with E-state index in [9.17, 15) is 13.2 Å². The SMILES string of the molecule is CC1CC(=O)Nc2cc(S(=O)(=O)NC3CCCCCC3)ccc2S1. The van der Waals surface area contributed by atoms with Gasteiger partial charge >= 0.3 is 0 Å². The summed E-state index contributed by atoms with van der Waals surface area (Å²) in [5, 5.41) is 3.01. The first-order valence-electron chi connectivity index (χ1n) is 8.57. The summed E-state index contributed by atoms with van der Waals surface area (Å²) in [5.74, 6) is -0.0694. The second-order valence-electron chi connectivity index (χ2n) is 6.65. The third-order valence-electron chi connectivity index (χ3n) is 4.51. The van der Waals surface area contributed by atoms with Crippen LogP contribution < -0.4 is 10.0 Å². The van der Waals surface area contributed by atoms with Gasteiger partial charge in [0.15, 0.2) is 0 Å². The molecule has 0 radical (unpaired) electrons. The van der Waals surface area contributed by atoms with Crippen LogP contribution in [0.4, 0.5) is 5.69 Å². The van der Waals surface area contributed by atoms with Gasteiger partial charge in [-0.1, -0.05) is 32.6 Å². The molecule has 0 aromatic heterocycles. The number of rotatable bonds is 3. The van der Waals surface area contributed by atoms with E-state index in [1.165, 1.54) is 12.8 Å². The first-order valence-corrected chi connectivity index (χ1v) is 10.9. The molecule has 1 fully saturated rings. The number of anilines is 1. The summed E-state index contributed by atoms with van der Waals surface area (Å²) in [7, 11) is -3.56. The third-order valence-corrected chi connectivity index (χ3v) is 7.21. The van der Waals surface area contributed by atoms with Gasteiger partial charge in [-0.25, -0.2) is 13.1 Å². The van der Waals surface area contributed by atoms with E-state index in [-0.39, 0.29) is 22.1 Å². The Labute approximate surface area is 148 Å². The zero-order chi connectivity index (χ0) is 17.2. The molecule has 1 aromatic rings. The van der Waals surface area contributed by atoms with Crippen LogP contribution in [0.5, 0.6) is 0 Å². The molecule has 1 aromatic carbocycles. The molecule has 1 amide bonds. The van der Waals surface area contributed by atoms with Crippen molar-refractivity contribution in [2.75, 3.05) is 5.32 Å². The van der Waals surface area contributed by atoms with Gasteiger partial charge in [-0.05, 0) is 31.0 Å². The standard InChI is InChI=1S/C17H24N2O3S2/c1-12-10-17(20)18-15-11-14(8-9-16(15)23-12)24(21,22)19-13-6-4-2-3-5-7-13/h8-9,11-13,19H,2-7,10H2,1H3,(H,18,20). The summed E-state index contributed by atoms with van der Waals surface area (Å²) in [6.45, 7) is 2.00. The van der Waals surface area contributed by atoms with Crippen molar-refractivity contribution in [2.45, 2.75) is 73.0 Å². The maximum absolute atomic E-state index is 12.7. The minimum absolute atomic E-state index is 0.0142. The lowest BCUT2D eigenvalue weighted by atomic mass is 10.1. The number of hydrogen-bond donors (Lipinski definition) is 2. The molecule has 3 rings (SSSR count). The molecule has 24 heavy (non-hydrogen) atoms. The van der Waals surface area contributed by atoms with Crippen molar-refractivity contribution in [1.29, 1.82) is 0 Å². The van der Waals surface area contributed by atoms with Crippen molar-refractivity contribution in [2.24, 2.45) is 0 Å². The van der Waals surface area contributed by atoms with Gasteiger partial charge in [-0.3, -0.25) is 4.79 Å². The van der Waals surface area contributed by atoms with Gasteiger partial charge in [0, 0.05) is 22.6 Å². The summed E-state index contributed by atoms with van der Waals surface area (Å²) >= 11 is 1.60. The molecule has 2 N–H and O–H groups in total. The average molecular weight is 369 g/mol. The first kappa shape index (κ1) is 17.8. The van der Waals surface area contributed by atoms with Crippen LogP contribution in [0.1, 0.15) is 51.9 Å². The second kappa shape index (κ2) is 7.45. The Kier molecular flexibility index (Phi) is 5.52. The molecule has 1 aliphatic carbocycles. The van der Waals surface area contributed by atoms with Gasteiger partial charge in [-0.2, -0.15) is 0 Å². The topological polar surface area (TPSA) is 75.3 Å². The zero-order valence-electron chi connectivity index (χ0n) is 13.9. The largest absolute Gasteiger partial charge is 0.325 e. The molecule has 0 spiro atoms. The van der Waals surface area contributed by atoms with E-state index in [4.69, 9.17) is 0 Å². The Morgan fingerprint density at radius 2 is 1.88 bits per heavy atom. The van der Waals surface area contributed by atoms with Crippen LogP contribution in [0.2, 0.25) is 0 Å². The minimum atomic E-state index is -3.56. The summed E-state index contributed by atoms with van der Waals surface area (Å²) in [6, 6.07) is 5.02. The lowest BCUT2D eigenvalue weighted by molar-refractivity contribution is -0.116. The van der Waals surface area contributed by atoms with E-state index in [2.05, 4.69) is 10.0 Å². The highest BCUT2D eigenvalue weighted by molar-refractivity contribution is 8.00. The number of hydrogen-bond acceptors (Lipinski definition) is 4. The molecule has 1 saturated carbocycles. The van der Waals surface area contributed by atoms with E-state index >= 15 is 0 Å². The van der Waals surface area contributed by atoms with Crippen LogP contribution in [0.25, 0.3) is 0 Å². The number of carbonyl (C=O) groups is 1. The summed E-state index contributed by atoms with van der Waals surface area (Å²) in [6.07, 6.45) is 6.73. The van der Waals surface area contributed by atoms with Crippen LogP contribution in [0.15, 0.2) is 28.0 Å². The maximum Gasteiger partial charge on any atom is 0.240 e. The Hall–Kier alpha value is -1.05. The fourth-order valence-corrected chi connectivity index (χ4v) is 5.66. The summed E-state index contributed by atoms with van der Waals surface area (Å²) in [4.78, 5) is 13.0. The molecular formula is C17H24N2O3S2. The fraction of sp³-hybridized carbons (Fsp3) is 0.588. The number of carbonyl (C=O) groups excluding carboxylic acids is 1. The van der Waals surface area contributed by atoms with Gasteiger partial charge in [0.1, 0.15) is 0 Å². The maximum atomic E-state index is 12.7. The number of fused-ring (bicyclic) bond motifs is 1. The molecule has 1 atom stereocenters. The smallest absolute Gasteiger partial charge is 0.240 e. The van der Waals surface area contributed by atoms with E-state index in [1.54, 1.807) is 30.0 Å². The number of amides is 1. The number of sulfonamides is 1. The molecule has 5 nitrogen and oxygen atoms in total. The predicted octanol–water partition coefficient (Wildman–Crippen LogP) is 3.51. The molecule has 1 unspecified atom stereocenters. The highest BCUT2D eigenvalue weighted by Gasteiger charge is 2.24. The number of benzene rings is 1. The highest BCUT2D eigenvalue weighted by atomic mass is 32.2.